The number of rotatable bonds is 2. The van der Waals surface area contributed by atoms with E-state index in [1.807, 2.05) is 36.4 Å². The molecule has 2 rings (SSSR count). The summed E-state index contributed by atoms with van der Waals surface area (Å²) in [6, 6.07) is 10.0. The Labute approximate surface area is 90.8 Å². The molecular formula is C14H16O. The maximum Gasteiger partial charge on any atom is 0.162 e. The third kappa shape index (κ3) is 2.01. The molecule has 0 N–H and O–H groups in total. The van der Waals surface area contributed by atoms with Crippen LogP contribution in [0.25, 0.3) is 6.08 Å². The number of hydrogen-bond acceptors (Lipinski definition) is 1. The Kier molecular flexibility index (Phi) is 2.72. The summed E-state index contributed by atoms with van der Waals surface area (Å²) in [7, 11) is 0. The molecule has 0 saturated heterocycles. The molecule has 1 aromatic rings. The topological polar surface area (TPSA) is 17.1 Å². The molecule has 0 aliphatic heterocycles. The highest BCUT2D eigenvalue weighted by molar-refractivity contribution is 6.07. The molecule has 1 unspecified atom stereocenters. The zero-order chi connectivity index (χ0) is 10.8. The van der Waals surface area contributed by atoms with Crippen LogP contribution in [0.4, 0.5) is 0 Å². The second-order valence-corrected chi connectivity index (χ2v) is 4.50. The zero-order valence-corrected chi connectivity index (χ0v) is 9.23. The molecule has 1 aromatic carbocycles. The number of ketones is 1. The van der Waals surface area contributed by atoms with E-state index in [4.69, 9.17) is 0 Å². The third-order valence-corrected chi connectivity index (χ3v) is 3.04. The van der Waals surface area contributed by atoms with Crippen LogP contribution in [-0.2, 0) is 4.79 Å². The van der Waals surface area contributed by atoms with Gasteiger partial charge in [0.15, 0.2) is 5.78 Å². The van der Waals surface area contributed by atoms with Crippen LogP contribution in [0.1, 0.15) is 25.8 Å². The molecule has 0 aromatic heterocycles. The highest BCUT2D eigenvalue weighted by Crippen LogP contribution is 2.35. The minimum Gasteiger partial charge on any atom is -0.294 e. The van der Waals surface area contributed by atoms with E-state index < -0.39 is 0 Å². The molecule has 0 radical (unpaired) electrons. The number of Topliss-reactive ketones (excluding diaryl/α,β-unsaturated/α-hetero) is 1. The monoisotopic (exact) mass is 200 g/mol. The Balaban J connectivity index is 2.10. The van der Waals surface area contributed by atoms with Crippen LogP contribution in [0.3, 0.4) is 0 Å². The van der Waals surface area contributed by atoms with E-state index >= 15 is 0 Å². The largest absolute Gasteiger partial charge is 0.294 e. The Bertz CT molecular complexity index is 387. The maximum absolute atomic E-state index is 11.7. The lowest BCUT2D eigenvalue weighted by atomic mass is 9.72. The van der Waals surface area contributed by atoms with Crippen LogP contribution in [0.5, 0.6) is 0 Å². The van der Waals surface area contributed by atoms with Gasteiger partial charge in [0.25, 0.3) is 0 Å². The van der Waals surface area contributed by atoms with Crippen molar-refractivity contribution in [2.75, 3.05) is 0 Å². The fraction of sp³-hybridized carbons (Fsp3) is 0.357. The standard InChI is InChI=1S/C14H16O/c1-10(2)13-9-12(14(13)15)8-11-6-4-3-5-7-11/h3-8,10,13H,9H2,1-2H3/b12-8+. The molecule has 78 valence electrons. The van der Waals surface area contributed by atoms with Crippen molar-refractivity contribution >= 4 is 11.9 Å². The average Bonchev–Trinajstić information content (AvgIpc) is 2.24. The molecule has 1 atom stereocenters. The molecule has 15 heavy (non-hydrogen) atoms. The first-order chi connectivity index (χ1) is 7.18. The lowest BCUT2D eigenvalue weighted by Gasteiger charge is -2.30. The molecule has 0 heterocycles. The highest BCUT2D eigenvalue weighted by atomic mass is 16.1. The van der Waals surface area contributed by atoms with E-state index in [0.29, 0.717) is 11.7 Å². The van der Waals surface area contributed by atoms with E-state index in [2.05, 4.69) is 13.8 Å². The highest BCUT2D eigenvalue weighted by Gasteiger charge is 2.35. The maximum atomic E-state index is 11.7. The second-order valence-electron chi connectivity index (χ2n) is 4.50. The molecule has 1 saturated carbocycles. The summed E-state index contributed by atoms with van der Waals surface area (Å²) in [6.07, 6.45) is 2.96. The van der Waals surface area contributed by atoms with Crippen molar-refractivity contribution in [3.63, 3.8) is 0 Å². The normalized spacial score (nSPS) is 23.3. The molecule has 0 spiro atoms. The van der Waals surface area contributed by atoms with Crippen molar-refractivity contribution in [3.8, 4) is 0 Å². The quantitative estimate of drug-likeness (QED) is 0.669. The van der Waals surface area contributed by atoms with Gasteiger partial charge in [0.2, 0.25) is 0 Å². The molecule has 1 nitrogen and oxygen atoms in total. The Morgan fingerprint density at radius 3 is 2.47 bits per heavy atom. The van der Waals surface area contributed by atoms with Crippen molar-refractivity contribution in [2.24, 2.45) is 11.8 Å². The zero-order valence-electron chi connectivity index (χ0n) is 9.23. The Morgan fingerprint density at radius 1 is 1.27 bits per heavy atom. The molecular weight excluding hydrogens is 184 g/mol. The first-order valence-corrected chi connectivity index (χ1v) is 5.48. The van der Waals surface area contributed by atoms with Gasteiger partial charge in [0, 0.05) is 5.92 Å². The molecule has 1 fully saturated rings. The van der Waals surface area contributed by atoms with Gasteiger partial charge in [-0.05, 0) is 29.6 Å². The SMILES string of the molecule is CC(C)C1C/C(=C\c2ccccc2)C1=O. The lowest BCUT2D eigenvalue weighted by molar-refractivity contribution is -0.124. The van der Waals surface area contributed by atoms with E-state index in [1.54, 1.807) is 0 Å². The minimum atomic E-state index is 0.264. The van der Waals surface area contributed by atoms with Crippen LogP contribution >= 0.6 is 0 Å². The van der Waals surface area contributed by atoms with Crippen LogP contribution in [-0.4, -0.2) is 5.78 Å². The number of carbonyl (C=O) groups excluding carboxylic acids is 1. The van der Waals surface area contributed by atoms with Gasteiger partial charge in [-0.15, -0.1) is 0 Å². The smallest absolute Gasteiger partial charge is 0.162 e. The van der Waals surface area contributed by atoms with Gasteiger partial charge in [0.05, 0.1) is 0 Å². The molecule has 0 amide bonds. The van der Waals surface area contributed by atoms with Crippen LogP contribution < -0.4 is 0 Å². The van der Waals surface area contributed by atoms with Gasteiger partial charge in [-0.2, -0.15) is 0 Å². The lowest BCUT2D eigenvalue weighted by Crippen LogP contribution is -2.32. The van der Waals surface area contributed by atoms with Gasteiger partial charge >= 0.3 is 0 Å². The predicted molar refractivity (Wildman–Crippen MR) is 62.4 cm³/mol. The summed E-state index contributed by atoms with van der Waals surface area (Å²) in [5.41, 5.74) is 2.11. The van der Waals surface area contributed by atoms with E-state index in [1.165, 1.54) is 0 Å². The minimum absolute atomic E-state index is 0.264. The summed E-state index contributed by atoms with van der Waals surface area (Å²) in [6.45, 7) is 4.23. The van der Waals surface area contributed by atoms with E-state index in [0.717, 1.165) is 17.6 Å². The first-order valence-electron chi connectivity index (χ1n) is 5.48. The molecule has 1 aliphatic rings. The number of allylic oxidation sites excluding steroid dienone is 1. The molecule has 1 aliphatic carbocycles. The summed E-state index contributed by atoms with van der Waals surface area (Å²) in [5.74, 6) is 1.08. The van der Waals surface area contributed by atoms with Crippen LogP contribution in [0.15, 0.2) is 35.9 Å². The molecule has 0 bridgehead atoms. The van der Waals surface area contributed by atoms with Crippen molar-refractivity contribution in [3.05, 3.63) is 41.5 Å². The number of hydrogen-bond donors (Lipinski definition) is 0. The fourth-order valence-corrected chi connectivity index (χ4v) is 1.96. The third-order valence-electron chi connectivity index (χ3n) is 3.04. The van der Waals surface area contributed by atoms with Gasteiger partial charge in [-0.25, -0.2) is 0 Å². The Hall–Kier alpha value is -1.37. The van der Waals surface area contributed by atoms with Gasteiger partial charge in [-0.3, -0.25) is 4.79 Å². The number of carbonyl (C=O) groups is 1. The first kappa shape index (κ1) is 10.2. The van der Waals surface area contributed by atoms with Gasteiger partial charge in [0.1, 0.15) is 0 Å². The number of benzene rings is 1. The average molecular weight is 200 g/mol. The fourth-order valence-electron chi connectivity index (χ4n) is 1.96. The van der Waals surface area contributed by atoms with Crippen molar-refractivity contribution in [2.45, 2.75) is 20.3 Å². The summed E-state index contributed by atoms with van der Waals surface area (Å²) in [4.78, 5) is 11.7. The van der Waals surface area contributed by atoms with Crippen molar-refractivity contribution < 1.29 is 4.79 Å². The van der Waals surface area contributed by atoms with Crippen molar-refractivity contribution in [1.29, 1.82) is 0 Å². The summed E-state index contributed by atoms with van der Waals surface area (Å²) in [5, 5.41) is 0. The predicted octanol–water partition coefficient (Wildman–Crippen LogP) is 3.32. The van der Waals surface area contributed by atoms with Gasteiger partial charge < -0.3 is 0 Å². The van der Waals surface area contributed by atoms with E-state index in [-0.39, 0.29) is 5.92 Å². The summed E-state index contributed by atoms with van der Waals surface area (Å²) < 4.78 is 0. The Morgan fingerprint density at radius 2 is 1.93 bits per heavy atom. The molecule has 1 heteroatoms. The summed E-state index contributed by atoms with van der Waals surface area (Å²) >= 11 is 0. The van der Waals surface area contributed by atoms with Crippen LogP contribution in [0, 0.1) is 11.8 Å². The second kappa shape index (κ2) is 4.01. The van der Waals surface area contributed by atoms with Gasteiger partial charge in [-0.1, -0.05) is 44.2 Å². The van der Waals surface area contributed by atoms with E-state index in [9.17, 15) is 4.79 Å². The van der Waals surface area contributed by atoms with Crippen LogP contribution in [0.2, 0.25) is 0 Å². The van der Waals surface area contributed by atoms with Crippen molar-refractivity contribution in [1.82, 2.24) is 0 Å².